The maximum Gasteiger partial charge on any atom is 0.253 e. The third-order valence-electron chi connectivity index (χ3n) is 5.73. The highest BCUT2D eigenvalue weighted by Gasteiger charge is 2.33. The molecule has 1 heterocycles. The number of carbonyl (C=O) groups is 2. The third kappa shape index (κ3) is 5.26. The van der Waals surface area contributed by atoms with E-state index in [4.69, 9.17) is 0 Å². The Bertz CT molecular complexity index is 885. The van der Waals surface area contributed by atoms with Crippen LogP contribution < -0.4 is 5.32 Å². The lowest BCUT2D eigenvalue weighted by Crippen LogP contribution is -2.47. The third-order valence-corrected chi connectivity index (χ3v) is 5.73. The molecule has 0 aromatic heterocycles. The summed E-state index contributed by atoms with van der Waals surface area (Å²) >= 11 is 0. The number of hydrogen-bond acceptors (Lipinski definition) is 2. The Morgan fingerprint density at radius 1 is 1.07 bits per heavy atom. The molecule has 2 aromatic carbocycles. The molecule has 160 valence electrons. The zero-order valence-corrected chi connectivity index (χ0v) is 18.2. The summed E-state index contributed by atoms with van der Waals surface area (Å²) in [4.78, 5) is 27.8. The highest BCUT2D eigenvalue weighted by atomic mass is 19.1. The Hall–Kier alpha value is -2.69. The van der Waals surface area contributed by atoms with Crippen LogP contribution in [-0.2, 0) is 4.79 Å². The number of nitrogens with one attached hydrogen (secondary N) is 1. The normalized spacial score (nSPS) is 18.0. The quantitative estimate of drug-likeness (QED) is 0.780. The van der Waals surface area contributed by atoms with Crippen LogP contribution in [0.3, 0.4) is 0 Å². The molecule has 1 aliphatic heterocycles. The molecule has 1 aliphatic rings. The molecule has 2 atom stereocenters. The fourth-order valence-electron chi connectivity index (χ4n) is 3.97. The van der Waals surface area contributed by atoms with Crippen molar-refractivity contribution in [2.24, 2.45) is 11.3 Å². The van der Waals surface area contributed by atoms with Crippen molar-refractivity contribution in [2.75, 3.05) is 13.1 Å². The van der Waals surface area contributed by atoms with Crippen LogP contribution >= 0.6 is 0 Å². The number of benzene rings is 2. The summed E-state index contributed by atoms with van der Waals surface area (Å²) in [6.07, 6.45) is 1.55. The molecular formula is C25H31FN2O2. The second kappa shape index (κ2) is 8.99. The summed E-state index contributed by atoms with van der Waals surface area (Å²) in [6.45, 7) is 9.22. The number of carbonyl (C=O) groups excluding carboxylic acids is 2. The van der Waals surface area contributed by atoms with E-state index in [1.54, 1.807) is 17.0 Å². The minimum atomic E-state index is -0.296. The SMILES string of the molecule is Cc1ccc(C(=O)N2CCCC(C(=O)NC(c3ccc(F)cc3)C(C)(C)C)C2)cc1. The second-order valence-electron chi connectivity index (χ2n) is 9.32. The molecule has 2 unspecified atom stereocenters. The number of rotatable bonds is 4. The summed E-state index contributed by atoms with van der Waals surface area (Å²) < 4.78 is 13.4. The zero-order chi connectivity index (χ0) is 21.9. The largest absolute Gasteiger partial charge is 0.348 e. The molecule has 5 heteroatoms. The number of hydrogen-bond donors (Lipinski definition) is 1. The average Bonchev–Trinajstić information content (AvgIpc) is 2.72. The average molecular weight is 411 g/mol. The fraction of sp³-hybridized carbons (Fsp3) is 0.440. The van der Waals surface area contributed by atoms with Gasteiger partial charge in [-0.3, -0.25) is 9.59 Å². The molecule has 0 aliphatic carbocycles. The topological polar surface area (TPSA) is 49.4 Å². The van der Waals surface area contributed by atoms with E-state index in [0.717, 1.165) is 24.0 Å². The summed E-state index contributed by atoms with van der Waals surface area (Å²) in [5, 5.41) is 3.17. The molecule has 1 N–H and O–H groups in total. The Labute approximate surface area is 178 Å². The van der Waals surface area contributed by atoms with Gasteiger partial charge in [0.05, 0.1) is 12.0 Å². The van der Waals surface area contributed by atoms with Gasteiger partial charge in [-0.2, -0.15) is 0 Å². The van der Waals surface area contributed by atoms with Gasteiger partial charge in [-0.25, -0.2) is 4.39 Å². The van der Waals surface area contributed by atoms with Crippen molar-refractivity contribution >= 4 is 11.8 Å². The van der Waals surface area contributed by atoms with Crippen LogP contribution in [0.25, 0.3) is 0 Å². The monoisotopic (exact) mass is 410 g/mol. The summed E-state index contributed by atoms with van der Waals surface area (Å²) in [5.41, 5.74) is 2.40. The van der Waals surface area contributed by atoms with E-state index in [-0.39, 0.29) is 35.0 Å². The Morgan fingerprint density at radius 2 is 1.70 bits per heavy atom. The number of nitrogens with zero attached hydrogens (tertiary/aromatic N) is 1. The molecule has 0 spiro atoms. The van der Waals surface area contributed by atoms with E-state index in [2.05, 4.69) is 26.1 Å². The van der Waals surface area contributed by atoms with Crippen LogP contribution in [0.2, 0.25) is 0 Å². The lowest BCUT2D eigenvalue weighted by molar-refractivity contribution is -0.127. The van der Waals surface area contributed by atoms with Crippen molar-refractivity contribution in [1.29, 1.82) is 0 Å². The van der Waals surface area contributed by atoms with Gasteiger partial charge >= 0.3 is 0 Å². The molecule has 2 amide bonds. The van der Waals surface area contributed by atoms with E-state index < -0.39 is 0 Å². The van der Waals surface area contributed by atoms with E-state index in [0.29, 0.717) is 18.7 Å². The summed E-state index contributed by atoms with van der Waals surface area (Å²) in [6, 6.07) is 13.6. The number of likely N-dealkylation sites (tertiary alicyclic amines) is 1. The first-order chi connectivity index (χ1) is 14.1. The van der Waals surface area contributed by atoms with Crippen molar-refractivity contribution < 1.29 is 14.0 Å². The van der Waals surface area contributed by atoms with Gasteiger partial charge in [-0.1, -0.05) is 50.6 Å². The molecule has 1 saturated heterocycles. The van der Waals surface area contributed by atoms with Gasteiger partial charge < -0.3 is 10.2 Å². The Balaban J connectivity index is 1.71. The minimum absolute atomic E-state index is 0.0293. The highest BCUT2D eigenvalue weighted by molar-refractivity contribution is 5.94. The first-order valence-electron chi connectivity index (χ1n) is 10.6. The second-order valence-corrected chi connectivity index (χ2v) is 9.32. The van der Waals surface area contributed by atoms with Crippen molar-refractivity contribution in [3.8, 4) is 0 Å². The van der Waals surface area contributed by atoms with Gasteiger partial charge in [0.25, 0.3) is 5.91 Å². The number of piperidine rings is 1. The van der Waals surface area contributed by atoms with Crippen LogP contribution in [-0.4, -0.2) is 29.8 Å². The zero-order valence-electron chi connectivity index (χ0n) is 18.2. The van der Waals surface area contributed by atoms with Gasteiger partial charge in [-0.05, 0) is 55.0 Å². The number of aryl methyl sites for hydroxylation is 1. The smallest absolute Gasteiger partial charge is 0.253 e. The maximum atomic E-state index is 13.4. The first kappa shape index (κ1) is 22.0. The van der Waals surface area contributed by atoms with Gasteiger partial charge in [0, 0.05) is 18.7 Å². The van der Waals surface area contributed by atoms with Gasteiger partial charge in [0.1, 0.15) is 5.82 Å². The van der Waals surface area contributed by atoms with Crippen molar-refractivity contribution in [1.82, 2.24) is 10.2 Å². The minimum Gasteiger partial charge on any atom is -0.348 e. The van der Waals surface area contributed by atoms with Crippen LogP contribution in [0.1, 0.15) is 61.1 Å². The molecular weight excluding hydrogens is 379 g/mol. The molecule has 1 fully saturated rings. The standard InChI is InChI=1S/C25H31FN2O2/c1-17-7-9-19(10-8-17)24(30)28-15-5-6-20(16-28)23(29)27-22(25(2,3)4)18-11-13-21(26)14-12-18/h7-14,20,22H,5-6,15-16H2,1-4H3,(H,27,29). The van der Waals surface area contributed by atoms with Gasteiger partial charge in [0.15, 0.2) is 0 Å². The van der Waals surface area contributed by atoms with Crippen molar-refractivity contribution in [2.45, 2.75) is 46.6 Å². The van der Waals surface area contributed by atoms with Crippen molar-refractivity contribution in [3.05, 3.63) is 71.0 Å². The predicted octanol–water partition coefficient (Wildman–Crippen LogP) is 4.89. The van der Waals surface area contributed by atoms with E-state index in [1.807, 2.05) is 31.2 Å². The van der Waals surface area contributed by atoms with Gasteiger partial charge in [0.2, 0.25) is 5.91 Å². The molecule has 0 bridgehead atoms. The summed E-state index contributed by atoms with van der Waals surface area (Å²) in [7, 11) is 0. The molecule has 2 aromatic rings. The highest BCUT2D eigenvalue weighted by Crippen LogP contribution is 2.33. The fourth-order valence-corrected chi connectivity index (χ4v) is 3.97. The van der Waals surface area contributed by atoms with E-state index in [9.17, 15) is 14.0 Å². The molecule has 0 radical (unpaired) electrons. The Morgan fingerprint density at radius 3 is 2.30 bits per heavy atom. The van der Waals surface area contributed by atoms with Crippen LogP contribution in [0.4, 0.5) is 4.39 Å². The first-order valence-corrected chi connectivity index (χ1v) is 10.6. The molecule has 0 saturated carbocycles. The van der Waals surface area contributed by atoms with Crippen LogP contribution in [0.5, 0.6) is 0 Å². The summed E-state index contributed by atoms with van der Waals surface area (Å²) in [5.74, 6) is -0.632. The Kier molecular flexibility index (Phi) is 6.59. The number of amides is 2. The predicted molar refractivity (Wildman–Crippen MR) is 117 cm³/mol. The molecule has 30 heavy (non-hydrogen) atoms. The van der Waals surface area contributed by atoms with Crippen LogP contribution in [0.15, 0.2) is 48.5 Å². The number of halogens is 1. The molecule has 3 rings (SSSR count). The lowest BCUT2D eigenvalue weighted by Gasteiger charge is -2.36. The van der Waals surface area contributed by atoms with Crippen molar-refractivity contribution in [3.63, 3.8) is 0 Å². The van der Waals surface area contributed by atoms with Crippen LogP contribution in [0, 0.1) is 24.1 Å². The van der Waals surface area contributed by atoms with E-state index in [1.165, 1.54) is 12.1 Å². The lowest BCUT2D eigenvalue weighted by atomic mass is 9.81. The maximum absolute atomic E-state index is 13.4. The van der Waals surface area contributed by atoms with E-state index >= 15 is 0 Å². The van der Waals surface area contributed by atoms with Gasteiger partial charge in [-0.15, -0.1) is 0 Å². The molecule has 4 nitrogen and oxygen atoms in total.